The van der Waals surface area contributed by atoms with Crippen LogP contribution in [-0.4, -0.2) is 17.9 Å². The molecule has 0 fully saturated rings. The smallest absolute Gasteiger partial charge is 0.434 e. The normalized spacial score (nSPS) is 11.8. The third-order valence-electron chi connectivity index (χ3n) is 3.43. The number of carbonyl (C=O) groups is 1. The minimum absolute atomic E-state index is 0.394. The van der Waals surface area contributed by atoms with Crippen molar-refractivity contribution in [3.8, 4) is 0 Å². The van der Waals surface area contributed by atoms with Crippen LogP contribution in [0.1, 0.15) is 45.6 Å². The minimum Gasteiger partial charge on any atom is -0.441 e. The fourth-order valence-corrected chi connectivity index (χ4v) is 1.98. The van der Waals surface area contributed by atoms with Crippen LogP contribution in [0.4, 0.5) is 4.79 Å². The highest BCUT2D eigenvalue weighted by molar-refractivity contribution is 6.30. The van der Waals surface area contributed by atoms with Crippen LogP contribution in [0, 0.1) is 0 Å². The van der Waals surface area contributed by atoms with Crippen LogP contribution in [0.15, 0.2) is 29.3 Å². The highest BCUT2D eigenvalue weighted by Crippen LogP contribution is 2.24. The van der Waals surface area contributed by atoms with E-state index in [0.717, 1.165) is 24.8 Å². The number of carbonyl (C=O) groups excluding carboxylic acids is 1. The maximum Gasteiger partial charge on any atom is 0.434 e. The van der Waals surface area contributed by atoms with Gasteiger partial charge in [0.1, 0.15) is 5.60 Å². The molecule has 1 rings (SSSR count). The van der Waals surface area contributed by atoms with Crippen LogP contribution in [0.2, 0.25) is 5.02 Å². The third kappa shape index (κ3) is 4.67. The van der Waals surface area contributed by atoms with Crippen molar-refractivity contribution in [2.45, 2.75) is 45.6 Å². The summed E-state index contributed by atoms with van der Waals surface area (Å²) >= 11 is 5.78. The van der Waals surface area contributed by atoms with Gasteiger partial charge in [0.2, 0.25) is 0 Å². The molecule has 1 aromatic rings. The number of amides is 1. The molecule has 0 saturated heterocycles. The van der Waals surface area contributed by atoms with Gasteiger partial charge in [0.05, 0.1) is 0 Å². The lowest BCUT2D eigenvalue weighted by Gasteiger charge is -2.29. The Labute approximate surface area is 119 Å². The van der Waals surface area contributed by atoms with Crippen molar-refractivity contribution < 1.29 is 9.53 Å². The van der Waals surface area contributed by atoms with E-state index in [2.05, 4.69) is 4.99 Å². The van der Waals surface area contributed by atoms with Gasteiger partial charge in [-0.05, 0) is 37.0 Å². The first-order valence-corrected chi connectivity index (χ1v) is 6.95. The van der Waals surface area contributed by atoms with E-state index in [0.29, 0.717) is 5.02 Å². The first kappa shape index (κ1) is 15.7. The van der Waals surface area contributed by atoms with Gasteiger partial charge in [0.15, 0.2) is 0 Å². The van der Waals surface area contributed by atoms with E-state index in [1.54, 1.807) is 24.3 Å². The van der Waals surface area contributed by atoms with Gasteiger partial charge in [-0.2, -0.15) is 4.99 Å². The Morgan fingerprint density at radius 2 is 1.74 bits per heavy atom. The van der Waals surface area contributed by atoms with E-state index in [1.165, 1.54) is 6.21 Å². The molecule has 0 radical (unpaired) electrons. The molecule has 104 valence electrons. The molecule has 0 bridgehead atoms. The first-order valence-electron chi connectivity index (χ1n) is 6.58. The molecular weight excluding hydrogens is 262 g/mol. The largest absolute Gasteiger partial charge is 0.441 e. The molecule has 19 heavy (non-hydrogen) atoms. The molecule has 0 N–H and O–H groups in total. The minimum atomic E-state index is -0.541. The highest BCUT2D eigenvalue weighted by atomic mass is 35.5. The van der Waals surface area contributed by atoms with Crippen LogP contribution in [-0.2, 0) is 4.74 Å². The standard InChI is InChI=1S/C15H20ClNO2/c1-4-15(5-2,6-3)19-14(18)17-11-12-7-9-13(16)10-8-12/h7-11H,4-6H2,1-3H3/b17-11+. The summed E-state index contributed by atoms with van der Waals surface area (Å²) in [4.78, 5) is 15.6. The average Bonchev–Trinajstić information content (AvgIpc) is 2.44. The van der Waals surface area contributed by atoms with Crippen molar-refractivity contribution in [2.24, 2.45) is 4.99 Å². The van der Waals surface area contributed by atoms with Gasteiger partial charge >= 0.3 is 6.09 Å². The van der Waals surface area contributed by atoms with E-state index < -0.39 is 11.7 Å². The van der Waals surface area contributed by atoms with Gasteiger partial charge in [0, 0.05) is 11.2 Å². The van der Waals surface area contributed by atoms with Crippen molar-refractivity contribution in [1.29, 1.82) is 0 Å². The van der Waals surface area contributed by atoms with Crippen molar-refractivity contribution >= 4 is 23.9 Å². The van der Waals surface area contributed by atoms with Gasteiger partial charge in [-0.25, -0.2) is 4.79 Å². The molecule has 0 aromatic heterocycles. The zero-order valence-corrected chi connectivity index (χ0v) is 12.4. The molecule has 0 unspecified atom stereocenters. The summed E-state index contributed by atoms with van der Waals surface area (Å²) in [6.07, 6.45) is 3.33. The second-order valence-electron chi connectivity index (χ2n) is 4.42. The van der Waals surface area contributed by atoms with Crippen LogP contribution in [0.5, 0.6) is 0 Å². The molecule has 0 aliphatic carbocycles. The zero-order valence-electron chi connectivity index (χ0n) is 11.6. The summed E-state index contributed by atoms with van der Waals surface area (Å²) < 4.78 is 5.47. The number of nitrogens with zero attached hydrogens (tertiary/aromatic N) is 1. The second-order valence-corrected chi connectivity index (χ2v) is 4.86. The second kappa shape index (κ2) is 7.29. The van der Waals surface area contributed by atoms with Crippen LogP contribution in [0.25, 0.3) is 0 Å². The maximum atomic E-state index is 11.7. The summed E-state index contributed by atoms with van der Waals surface area (Å²) in [5.74, 6) is 0. The Morgan fingerprint density at radius 1 is 1.21 bits per heavy atom. The predicted octanol–water partition coefficient (Wildman–Crippen LogP) is 4.86. The van der Waals surface area contributed by atoms with Gasteiger partial charge in [0.25, 0.3) is 0 Å². The van der Waals surface area contributed by atoms with E-state index >= 15 is 0 Å². The summed E-state index contributed by atoms with van der Waals surface area (Å²) in [6.45, 7) is 6.05. The Balaban J connectivity index is 2.66. The molecule has 0 aliphatic heterocycles. The number of hydrogen-bond acceptors (Lipinski definition) is 2. The Kier molecular flexibility index (Phi) is 6.03. The summed E-state index contributed by atoms with van der Waals surface area (Å²) in [5.41, 5.74) is 0.422. The fourth-order valence-electron chi connectivity index (χ4n) is 1.85. The van der Waals surface area contributed by atoms with E-state index in [1.807, 2.05) is 20.8 Å². The van der Waals surface area contributed by atoms with Gasteiger partial charge in [-0.1, -0.05) is 44.5 Å². The van der Waals surface area contributed by atoms with E-state index in [-0.39, 0.29) is 0 Å². The van der Waals surface area contributed by atoms with Crippen molar-refractivity contribution in [3.63, 3.8) is 0 Å². The fraction of sp³-hybridized carbons (Fsp3) is 0.467. The SMILES string of the molecule is CCC(CC)(CC)OC(=O)/N=C/c1ccc(Cl)cc1. The van der Waals surface area contributed by atoms with E-state index in [4.69, 9.17) is 16.3 Å². The van der Waals surface area contributed by atoms with E-state index in [9.17, 15) is 4.79 Å². The lowest BCUT2D eigenvalue weighted by Crippen LogP contribution is -2.32. The maximum absolute atomic E-state index is 11.7. The first-order chi connectivity index (χ1) is 9.05. The summed E-state index contributed by atoms with van der Waals surface area (Å²) in [5, 5.41) is 0.654. The van der Waals surface area contributed by atoms with Crippen molar-refractivity contribution in [3.05, 3.63) is 34.9 Å². The van der Waals surface area contributed by atoms with Gasteiger partial charge < -0.3 is 4.74 Å². The molecule has 1 aromatic carbocycles. The van der Waals surface area contributed by atoms with Crippen LogP contribution in [0.3, 0.4) is 0 Å². The molecule has 1 amide bonds. The quantitative estimate of drug-likeness (QED) is 0.723. The monoisotopic (exact) mass is 281 g/mol. The van der Waals surface area contributed by atoms with Crippen LogP contribution < -0.4 is 0 Å². The summed E-state index contributed by atoms with van der Waals surface area (Å²) in [7, 11) is 0. The Hall–Kier alpha value is -1.35. The predicted molar refractivity (Wildman–Crippen MR) is 79.1 cm³/mol. The van der Waals surface area contributed by atoms with Crippen molar-refractivity contribution in [2.75, 3.05) is 0 Å². The average molecular weight is 282 g/mol. The lowest BCUT2D eigenvalue weighted by molar-refractivity contribution is 0.00742. The van der Waals surface area contributed by atoms with Gasteiger partial charge in [-0.15, -0.1) is 0 Å². The molecule has 0 heterocycles. The number of hydrogen-bond donors (Lipinski definition) is 0. The highest BCUT2D eigenvalue weighted by Gasteiger charge is 2.28. The third-order valence-corrected chi connectivity index (χ3v) is 3.68. The molecular formula is C15H20ClNO2. The Bertz CT molecular complexity index is 428. The Morgan fingerprint density at radius 3 is 2.21 bits per heavy atom. The zero-order chi connectivity index (χ0) is 14.3. The van der Waals surface area contributed by atoms with Crippen LogP contribution >= 0.6 is 11.6 Å². The number of benzene rings is 1. The molecule has 0 aliphatic rings. The number of aliphatic imine (C=N–C) groups is 1. The molecule has 0 saturated carbocycles. The summed E-state index contributed by atoms with van der Waals surface area (Å²) in [6, 6.07) is 7.10. The number of halogens is 1. The molecule has 0 spiro atoms. The van der Waals surface area contributed by atoms with Crippen molar-refractivity contribution in [1.82, 2.24) is 0 Å². The molecule has 4 heteroatoms. The number of ether oxygens (including phenoxy) is 1. The van der Waals surface area contributed by atoms with Gasteiger partial charge in [-0.3, -0.25) is 0 Å². The molecule has 0 atom stereocenters. The number of rotatable bonds is 5. The lowest BCUT2D eigenvalue weighted by atomic mass is 9.94. The molecule has 3 nitrogen and oxygen atoms in total. The topological polar surface area (TPSA) is 38.7 Å².